The van der Waals surface area contributed by atoms with Crippen molar-refractivity contribution in [2.45, 2.75) is 40.3 Å². The number of guanidine groups is 1. The summed E-state index contributed by atoms with van der Waals surface area (Å²) in [5.41, 5.74) is 1.44. The van der Waals surface area contributed by atoms with E-state index in [4.69, 9.17) is 4.74 Å². The number of nitrogens with one attached hydrogen (secondary N) is 2. The Hall–Kier alpha value is -2.63. The molecule has 0 fully saturated rings. The summed E-state index contributed by atoms with van der Waals surface area (Å²) in [7, 11) is 0. The third kappa shape index (κ3) is 6.89. The van der Waals surface area contributed by atoms with Gasteiger partial charge in [-0.05, 0) is 49.6 Å². The topological polar surface area (TPSA) is 58.5 Å². The molecule has 6 heteroatoms. The maximum absolute atomic E-state index is 13.7. The average molecular weight is 372 g/mol. The average Bonchev–Trinajstić information content (AvgIpc) is 2.66. The highest BCUT2D eigenvalue weighted by Crippen LogP contribution is 2.18. The van der Waals surface area contributed by atoms with Crippen LogP contribution >= 0.6 is 0 Å². The summed E-state index contributed by atoms with van der Waals surface area (Å²) in [5, 5.41) is 6.52. The fourth-order valence-corrected chi connectivity index (χ4v) is 2.41. The van der Waals surface area contributed by atoms with E-state index in [1.54, 1.807) is 12.3 Å². The van der Waals surface area contributed by atoms with Crippen LogP contribution in [0, 0.1) is 11.7 Å². The SMILES string of the molecule is CCNC(=NCc1ncccc1F)NC(C)c1ccc(OCC(C)C)cc1. The van der Waals surface area contributed by atoms with Crippen LogP contribution in [0.4, 0.5) is 4.39 Å². The van der Waals surface area contributed by atoms with Crippen LogP contribution in [-0.2, 0) is 6.54 Å². The van der Waals surface area contributed by atoms with E-state index in [0.29, 0.717) is 30.7 Å². The van der Waals surface area contributed by atoms with Gasteiger partial charge in [0.25, 0.3) is 0 Å². The summed E-state index contributed by atoms with van der Waals surface area (Å²) in [6.45, 7) is 9.89. The van der Waals surface area contributed by atoms with E-state index >= 15 is 0 Å². The molecule has 0 saturated heterocycles. The maximum Gasteiger partial charge on any atom is 0.192 e. The van der Waals surface area contributed by atoms with Gasteiger partial charge in [0.15, 0.2) is 5.96 Å². The van der Waals surface area contributed by atoms with Gasteiger partial charge in [0.2, 0.25) is 0 Å². The molecule has 1 unspecified atom stereocenters. The van der Waals surface area contributed by atoms with Crippen molar-refractivity contribution in [1.82, 2.24) is 15.6 Å². The molecule has 0 aliphatic rings. The minimum Gasteiger partial charge on any atom is -0.493 e. The summed E-state index contributed by atoms with van der Waals surface area (Å²) in [4.78, 5) is 8.48. The second kappa shape index (κ2) is 10.5. The molecule has 1 atom stereocenters. The van der Waals surface area contributed by atoms with Gasteiger partial charge in [0, 0.05) is 12.7 Å². The van der Waals surface area contributed by atoms with Crippen molar-refractivity contribution >= 4 is 5.96 Å². The number of aromatic nitrogens is 1. The lowest BCUT2D eigenvalue weighted by molar-refractivity contribution is 0.271. The van der Waals surface area contributed by atoms with Gasteiger partial charge >= 0.3 is 0 Å². The zero-order valence-corrected chi connectivity index (χ0v) is 16.5. The molecule has 0 bridgehead atoms. The molecule has 146 valence electrons. The standard InChI is InChI=1S/C21H29FN4O/c1-5-23-21(25-13-20-19(22)7-6-12-24-20)26-16(4)17-8-10-18(11-9-17)27-14-15(2)3/h6-12,15-16H,5,13-14H2,1-4H3,(H2,23,25,26). The van der Waals surface area contributed by atoms with E-state index in [2.05, 4.69) is 41.4 Å². The summed E-state index contributed by atoms with van der Waals surface area (Å²) in [6, 6.07) is 11.0. The fraction of sp³-hybridized carbons (Fsp3) is 0.429. The molecule has 0 aliphatic carbocycles. The normalized spacial score (nSPS) is 12.7. The quantitative estimate of drug-likeness (QED) is 0.542. The predicted molar refractivity (Wildman–Crippen MR) is 107 cm³/mol. The van der Waals surface area contributed by atoms with Gasteiger partial charge in [-0.25, -0.2) is 9.38 Å². The number of hydrogen-bond donors (Lipinski definition) is 2. The van der Waals surface area contributed by atoms with E-state index < -0.39 is 0 Å². The first-order chi connectivity index (χ1) is 13.0. The summed E-state index contributed by atoms with van der Waals surface area (Å²) in [6.07, 6.45) is 1.57. The zero-order valence-electron chi connectivity index (χ0n) is 16.5. The highest BCUT2D eigenvalue weighted by molar-refractivity contribution is 5.80. The monoisotopic (exact) mass is 372 g/mol. The summed E-state index contributed by atoms with van der Waals surface area (Å²) >= 11 is 0. The Balaban J connectivity index is 2.00. The first kappa shape index (κ1) is 20.7. The van der Waals surface area contributed by atoms with Gasteiger partial charge in [0.1, 0.15) is 11.6 Å². The molecule has 0 spiro atoms. The van der Waals surface area contributed by atoms with E-state index in [1.807, 2.05) is 31.2 Å². The van der Waals surface area contributed by atoms with Crippen LogP contribution < -0.4 is 15.4 Å². The van der Waals surface area contributed by atoms with Gasteiger partial charge < -0.3 is 15.4 Å². The Morgan fingerprint density at radius 2 is 1.93 bits per heavy atom. The van der Waals surface area contributed by atoms with Gasteiger partial charge in [-0.15, -0.1) is 0 Å². The van der Waals surface area contributed by atoms with E-state index in [0.717, 1.165) is 11.3 Å². The molecule has 0 aliphatic heterocycles. The lowest BCUT2D eigenvalue weighted by Gasteiger charge is -2.18. The first-order valence-electron chi connectivity index (χ1n) is 9.36. The van der Waals surface area contributed by atoms with E-state index in [9.17, 15) is 4.39 Å². The molecule has 1 heterocycles. The van der Waals surface area contributed by atoms with Crippen molar-refractivity contribution in [2.24, 2.45) is 10.9 Å². The van der Waals surface area contributed by atoms with Crippen LogP contribution in [0.25, 0.3) is 0 Å². The molecule has 2 aromatic rings. The number of aliphatic imine (C=N–C) groups is 1. The van der Waals surface area contributed by atoms with Crippen molar-refractivity contribution in [3.05, 3.63) is 59.7 Å². The number of benzene rings is 1. The van der Waals surface area contributed by atoms with Crippen molar-refractivity contribution in [3.8, 4) is 5.75 Å². The fourth-order valence-electron chi connectivity index (χ4n) is 2.41. The molecule has 2 N–H and O–H groups in total. The molecular weight excluding hydrogens is 343 g/mol. The van der Waals surface area contributed by atoms with Gasteiger partial charge in [-0.3, -0.25) is 4.98 Å². The third-order valence-electron chi connectivity index (χ3n) is 3.88. The Bertz CT molecular complexity index is 731. The molecule has 27 heavy (non-hydrogen) atoms. The molecule has 5 nitrogen and oxygen atoms in total. The van der Waals surface area contributed by atoms with Gasteiger partial charge in [-0.2, -0.15) is 0 Å². The summed E-state index contributed by atoms with van der Waals surface area (Å²) < 4.78 is 19.4. The van der Waals surface area contributed by atoms with Crippen LogP contribution in [0.1, 0.15) is 45.0 Å². The second-order valence-electron chi connectivity index (χ2n) is 6.77. The first-order valence-corrected chi connectivity index (χ1v) is 9.36. The largest absolute Gasteiger partial charge is 0.493 e. The van der Waals surface area contributed by atoms with Crippen LogP contribution in [0.2, 0.25) is 0 Å². The van der Waals surface area contributed by atoms with Crippen LogP contribution in [0.15, 0.2) is 47.6 Å². The van der Waals surface area contributed by atoms with E-state index in [-0.39, 0.29) is 18.4 Å². The second-order valence-corrected chi connectivity index (χ2v) is 6.77. The van der Waals surface area contributed by atoms with Crippen LogP contribution in [0.3, 0.4) is 0 Å². The molecule has 1 aromatic heterocycles. The van der Waals surface area contributed by atoms with Gasteiger partial charge in [0.05, 0.1) is 24.9 Å². The molecular formula is C21H29FN4O. The molecule has 2 rings (SSSR count). The number of pyridine rings is 1. The van der Waals surface area contributed by atoms with Crippen LogP contribution in [-0.4, -0.2) is 24.1 Å². The Kier molecular flexibility index (Phi) is 8.04. The zero-order chi connectivity index (χ0) is 19.6. The maximum atomic E-state index is 13.7. The number of ether oxygens (including phenoxy) is 1. The third-order valence-corrected chi connectivity index (χ3v) is 3.88. The number of halogens is 1. The predicted octanol–water partition coefficient (Wildman–Crippen LogP) is 4.07. The van der Waals surface area contributed by atoms with Gasteiger partial charge in [-0.1, -0.05) is 26.0 Å². The van der Waals surface area contributed by atoms with E-state index in [1.165, 1.54) is 6.07 Å². The molecule has 0 radical (unpaired) electrons. The lowest BCUT2D eigenvalue weighted by Crippen LogP contribution is -2.38. The molecule has 0 amide bonds. The Morgan fingerprint density at radius 1 is 1.19 bits per heavy atom. The smallest absolute Gasteiger partial charge is 0.192 e. The highest BCUT2D eigenvalue weighted by atomic mass is 19.1. The van der Waals surface area contributed by atoms with Crippen molar-refractivity contribution in [2.75, 3.05) is 13.2 Å². The number of rotatable bonds is 8. The van der Waals surface area contributed by atoms with Crippen molar-refractivity contribution < 1.29 is 9.13 Å². The number of nitrogens with zero attached hydrogens (tertiary/aromatic N) is 2. The highest BCUT2D eigenvalue weighted by Gasteiger charge is 2.09. The molecule has 0 saturated carbocycles. The Morgan fingerprint density at radius 3 is 2.56 bits per heavy atom. The minimum absolute atomic E-state index is 0.0375. The Labute approximate surface area is 161 Å². The number of hydrogen-bond acceptors (Lipinski definition) is 3. The van der Waals surface area contributed by atoms with Crippen molar-refractivity contribution in [3.63, 3.8) is 0 Å². The van der Waals surface area contributed by atoms with Crippen LogP contribution in [0.5, 0.6) is 5.75 Å². The minimum atomic E-state index is -0.345. The summed E-state index contributed by atoms with van der Waals surface area (Å²) in [5.74, 6) is 1.64. The molecule has 1 aromatic carbocycles. The van der Waals surface area contributed by atoms with Crippen molar-refractivity contribution in [1.29, 1.82) is 0 Å². The lowest BCUT2D eigenvalue weighted by atomic mass is 10.1.